The molecule has 0 atom stereocenters. The van der Waals surface area contributed by atoms with Gasteiger partial charge >= 0.3 is 0 Å². The van der Waals surface area contributed by atoms with E-state index in [1.807, 2.05) is 18.9 Å². The fraction of sp³-hybridized carbons (Fsp3) is 0.545. The first-order chi connectivity index (χ1) is 14.8. The molecule has 0 bridgehead atoms. The van der Waals surface area contributed by atoms with Crippen LogP contribution in [-0.2, 0) is 14.3 Å². The highest BCUT2D eigenvalue weighted by atomic mass is 16.6. The molecule has 2 aliphatic rings. The summed E-state index contributed by atoms with van der Waals surface area (Å²) >= 11 is 0. The summed E-state index contributed by atoms with van der Waals surface area (Å²) in [6, 6.07) is 5.98. The number of likely N-dealkylation sites (N-methyl/N-ethyl adjacent to an activating group) is 1. The number of benzene rings is 1. The molecule has 9 nitrogen and oxygen atoms in total. The van der Waals surface area contributed by atoms with Gasteiger partial charge in [0, 0.05) is 45.0 Å². The molecule has 1 aromatic rings. The predicted molar refractivity (Wildman–Crippen MR) is 116 cm³/mol. The number of carbonyl (C=O) groups is 2. The number of hydrogen-bond donors (Lipinski definition) is 0. The molecule has 168 valence electrons. The monoisotopic (exact) mass is 430 g/mol. The van der Waals surface area contributed by atoms with Gasteiger partial charge in [-0.2, -0.15) is 0 Å². The molecule has 2 amide bonds. The second-order valence-electron chi connectivity index (χ2n) is 7.99. The zero-order valence-corrected chi connectivity index (χ0v) is 18.4. The number of nitro groups is 1. The molecule has 0 radical (unpaired) electrons. The Hall–Kier alpha value is -2.78. The van der Waals surface area contributed by atoms with Crippen molar-refractivity contribution in [3.63, 3.8) is 0 Å². The van der Waals surface area contributed by atoms with Crippen molar-refractivity contribution in [3.8, 4) is 0 Å². The number of nitrogens with zero attached hydrogens (tertiary/aromatic N) is 4. The lowest BCUT2D eigenvalue weighted by atomic mass is 10.00. The third-order valence-corrected chi connectivity index (χ3v) is 5.97. The smallest absolute Gasteiger partial charge is 0.277 e. The van der Waals surface area contributed by atoms with Crippen LogP contribution in [0.15, 0.2) is 30.0 Å². The minimum Gasteiger partial charge on any atom is -0.382 e. The second-order valence-corrected chi connectivity index (χ2v) is 7.99. The van der Waals surface area contributed by atoms with Gasteiger partial charge in [-0.3, -0.25) is 24.6 Å². The lowest BCUT2D eigenvalue weighted by molar-refractivity contribution is -0.384. The summed E-state index contributed by atoms with van der Waals surface area (Å²) in [4.78, 5) is 42.6. The first-order valence-corrected chi connectivity index (χ1v) is 10.7. The Morgan fingerprint density at radius 2 is 1.81 bits per heavy atom. The van der Waals surface area contributed by atoms with Crippen LogP contribution in [0.2, 0.25) is 0 Å². The standard InChI is InChI=1S/C22H30N4O5/c1-4-31-15-5-12-25-21(27)19(16-6-8-18(9-7-16)26(29)30)20(22(25)28)24(3)17-10-13-23(2)14-11-17/h6-9,17H,4-5,10-15H2,1-3H3. The van der Waals surface area contributed by atoms with Crippen LogP contribution in [0.4, 0.5) is 5.69 Å². The molecule has 1 fully saturated rings. The largest absolute Gasteiger partial charge is 0.382 e. The summed E-state index contributed by atoms with van der Waals surface area (Å²) in [6.45, 7) is 5.08. The molecule has 2 heterocycles. The number of likely N-dealkylation sites (tertiary alicyclic amines) is 1. The number of piperidine rings is 1. The van der Waals surface area contributed by atoms with E-state index in [1.165, 1.54) is 17.0 Å². The third kappa shape index (κ3) is 4.94. The number of nitro benzene ring substituents is 1. The molecule has 0 N–H and O–H groups in total. The summed E-state index contributed by atoms with van der Waals surface area (Å²) in [5.74, 6) is -0.665. The molecular weight excluding hydrogens is 400 g/mol. The molecule has 0 saturated carbocycles. The van der Waals surface area contributed by atoms with Gasteiger partial charge in [-0.05, 0) is 64.0 Å². The Bertz CT molecular complexity index is 859. The number of non-ortho nitro benzene ring substituents is 1. The molecule has 1 saturated heterocycles. The Balaban J connectivity index is 1.93. The Labute approximate surface area is 182 Å². The number of hydrogen-bond acceptors (Lipinski definition) is 7. The van der Waals surface area contributed by atoms with Crippen LogP contribution in [0.1, 0.15) is 31.7 Å². The zero-order chi connectivity index (χ0) is 22.5. The highest BCUT2D eigenvalue weighted by molar-refractivity contribution is 6.35. The van der Waals surface area contributed by atoms with Crippen molar-refractivity contribution in [3.05, 3.63) is 45.6 Å². The van der Waals surface area contributed by atoms with Crippen molar-refractivity contribution < 1.29 is 19.2 Å². The summed E-state index contributed by atoms with van der Waals surface area (Å²) in [7, 11) is 3.94. The Morgan fingerprint density at radius 3 is 2.39 bits per heavy atom. The van der Waals surface area contributed by atoms with Crippen molar-refractivity contribution in [2.75, 3.05) is 46.9 Å². The molecule has 0 aromatic heterocycles. The van der Waals surface area contributed by atoms with E-state index < -0.39 is 4.92 Å². The Kier molecular flexibility index (Phi) is 7.40. The minimum atomic E-state index is -0.481. The van der Waals surface area contributed by atoms with Crippen LogP contribution in [0.5, 0.6) is 0 Å². The topological polar surface area (TPSA) is 96.2 Å². The first-order valence-electron chi connectivity index (χ1n) is 10.7. The summed E-state index contributed by atoms with van der Waals surface area (Å²) in [6.07, 6.45) is 2.36. The van der Waals surface area contributed by atoms with Crippen LogP contribution >= 0.6 is 0 Å². The van der Waals surface area contributed by atoms with Gasteiger partial charge in [0.1, 0.15) is 5.70 Å². The van der Waals surface area contributed by atoms with Crippen molar-refractivity contribution in [1.82, 2.24) is 14.7 Å². The van der Waals surface area contributed by atoms with Gasteiger partial charge in [0.25, 0.3) is 17.5 Å². The molecule has 0 spiro atoms. The average molecular weight is 431 g/mol. The molecule has 1 aromatic carbocycles. The van der Waals surface area contributed by atoms with E-state index in [4.69, 9.17) is 4.74 Å². The summed E-state index contributed by atoms with van der Waals surface area (Å²) in [5, 5.41) is 11.0. The van der Waals surface area contributed by atoms with E-state index >= 15 is 0 Å². The number of amides is 2. The Morgan fingerprint density at radius 1 is 1.16 bits per heavy atom. The van der Waals surface area contributed by atoms with Gasteiger partial charge in [-0.25, -0.2) is 0 Å². The van der Waals surface area contributed by atoms with Crippen LogP contribution in [0.3, 0.4) is 0 Å². The number of ether oxygens (including phenoxy) is 1. The van der Waals surface area contributed by atoms with Gasteiger partial charge in [0.05, 0.1) is 10.5 Å². The van der Waals surface area contributed by atoms with E-state index in [9.17, 15) is 19.7 Å². The van der Waals surface area contributed by atoms with Crippen LogP contribution < -0.4 is 0 Å². The summed E-state index contributed by atoms with van der Waals surface area (Å²) < 4.78 is 5.35. The molecule has 2 aliphatic heterocycles. The van der Waals surface area contributed by atoms with E-state index in [0.717, 1.165) is 25.9 Å². The van der Waals surface area contributed by atoms with Crippen molar-refractivity contribution in [2.45, 2.75) is 32.2 Å². The van der Waals surface area contributed by atoms with Gasteiger partial charge in [0.2, 0.25) is 0 Å². The zero-order valence-electron chi connectivity index (χ0n) is 18.4. The number of rotatable bonds is 9. The SMILES string of the molecule is CCOCCCN1C(=O)C(c2ccc([N+](=O)[O-])cc2)=C(N(C)C2CCN(C)CC2)C1=O. The van der Waals surface area contributed by atoms with Crippen molar-refractivity contribution in [1.29, 1.82) is 0 Å². The van der Waals surface area contributed by atoms with E-state index in [1.54, 1.807) is 12.1 Å². The van der Waals surface area contributed by atoms with Gasteiger partial charge in [0.15, 0.2) is 0 Å². The maximum Gasteiger partial charge on any atom is 0.277 e. The molecule has 31 heavy (non-hydrogen) atoms. The molecular formula is C22H30N4O5. The maximum atomic E-state index is 13.3. The van der Waals surface area contributed by atoms with Crippen molar-refractivity contribution in [2.24, 2.45) is 0 Å². The lowest BCUT2D eigenvalue weighted by Gasteiger charge is -2.36. The molecule has 0 aliphatic carbocycles. The van der Waals surface area contributed by atoms with Crippen LogP contribution in [0.25, 0.3) is 5.57 Å². The van der Waals surface area contributed by atoms with Crippen LogP contribution in [0, 0.1) is 10.1 Å². The highest BCUT2D eigenvalue weighted by Gasteiger charge is 2.42. The minimum absolute atomic E-state index is 0.0556. The maximum absolute atomic E-state index is 13.3. The van der Waals surface area contributed by atoms with Gasteiger partial charge < -0.3 is 14.5 Å². The lowest BCUT2D eigenvalue weighted by Crippen LogP contribution is -2.43. The number of imide groups is 1. The summed E-state index contributed by atoms with van der Waals surface area (Å²) in [5.41, 5.74) is 1.16. The molecule has 9 heteroatoms. The fourth-order valence-corrected chi connectivity index (χ4v) is 4.14. The first kappa shape index (κ1) is 22.9. The second kappa shape index (κ2) is 10.0. The normalized spacial score (nSPS) is 18.2. The van der Waals surface area contributed by atoms with Crippen molar-refractivity contribution >= 4 is 23.1 Å². The van der Waals surface area contributed by atoms with Gasteiger partial charge in [-0.15, -0.1) is 0 Å². The third-order valence-electron chi connectivity index (χ3n) is 5.97. The quantitative estimate of drug-likeness (QED) is 0.256. The predicted octanol–water partition coefficient (Wildman–Crippen LogP) is 2.13. The van der Waals surface area contributed by atoms with E-state index in [0.29, 0.717) is 36.5 Å². The number of carbonyl (C=O) groups excluding carboxylic acids is 2. The highest BCUT2D eigenvalue weighted by Crippen LogP contribution is 2.34. The molecule has 3 rings (SSSR count). The fourth-order valence-electron chi connectivity index (χ4n) is 4.14. The van der Waals surface area contributed by atoms with E-state index in [2.05, 4.69) is 11.9 Å². The molecule has 0 unspecified atom stereocenters. The van der Waals surface area contributed by atoms with Crippen LogP contribution in [-0.4, -0.2) is 84.4 Å². The van der Waals surface area contributed by atoms with Gasteiger partial charge in [-0.1, -0.05) is 0 Å². The van der Waals surface area contributed by atoms with E-state index in [-0.39, 0.29) is 30.1 Å². The average Bonchev–Trinajstić information content (AvgIpc) is 3.01.